The van der Waals surface area contributed by atoms with Crippen molar-refractivity contribution in [2.75, 3.05) is 13.6 Å². The number of hydrogen-bond donors (Lipinski definition) is 1. The van der Waals surface area contributed by atoms with Crippen molar-refractivity contribution in [1.82, 2.24) is 9.47 Å². The highest BCUT2D eigenvalue weighted by atomic mass is 32.1. The first kappa shape index (κ1) is 16.0. The van der Waals surface area contributed by atoms with Crippen LogP contribution in [0.1, 0.15) is 43.1 Å². The minimum Gasteiger partial charge on any atom is -0.331 e. The molecule has 0 radical (unpaired) electrons. The standard InChI is InChI=1S/C20H24N2OS/c1-4-20(5-2)12-16(19(23)24)22-15-9-7-6-8-13(15)14-10-11-21(3)18(20)17(14)22/h4,6-9,16,18H,1,5,10-12H2,2-3H3,(H,23,24)/t16?,18-,20-/m1/s1. The topological polar surface area (TPSA) is 25.2 Å². The van der Waals surface area contributed by atoms with Crippen molar-refractivity contribution in [3.8, 4) is 0 Å². The molecule has 0 aliphatic carbocycles. The van der Waals surface area contributed by atoms with Crippen LogP contribution in [0.25, 0.3) is 10.9 Å². The van der Waals surface area contributed by atoms with Crippen LogP contribution in [0.15, 0.2) is 36.9 Å². The van der Waals surface area contributed by atoms with E-state index in [1.807, 2.05) is 0 Å². The third-order valence-electron chi connectivity index (χ3n) is 6.25. The molecule has 3 nitrogen and oxygen atoms in total. The molecular formula is C20H24N2OS. The Hall–Kier alpha value is -1.52. The van der Waals surface area contributed by atoms with Gasteiger partial charge in [-0.2, -0.15) is 0 Å². The molecule has 2 aromatic rings. The SMILES string of the molecule is C=C[C@@]1(CC)CC(C(=O)S)n2c3c(c4ccccc42)CCN(C)[C@H]31. The molecule has 3 atom stereocenters. The summed E-state index contributed by atoms with van der Waals surface area (Å²) in [6.45, 7) is 7.42. The lowest BCUT2D eigenvalue weighted by Crippen LogP contribution is -2.48. The number of thiol groups is 1. The third kappa shape index (κ3) is 1.93. The number of benzene rings is 1. The zero-order valence-electron chi connectivity index (χ0n) is 14.3. The van der Waals surface area contributed by atoms with Gasteiger partial charge in [-0.1, -0.05) is 31.2 Å². The summed E-state index contributed by atoms with van der Waals surface area (Å²) in [5.41, 5.74) is 3.80. The molecule has 126 valence electrons. The first-order valence-corrected chi connectivity index (χ1v) is 9.17. The van der Waals surface area contributed by atoms with Gasteiger partial charge in [0.05, 0.1) is 6.04 Å². The highest BCUT2D eigenvalue weighted by molar-refractivity contribution is 7.96. The molecule has 4 rings (SSSR count). The van der Waals surface area contributed by atoms with E-state index in [9.17, 15) is 4.79 Å². The number of hydrogen-bond acceptors (Lipinski definition) is 2. The summed E-state index contributed by atoms with van der Waals surface area (Å²) in [5, 5.41) is 1.24. The van der Waals surface area contributed by atoms with Crippen LogP contribution in [0.4, 0.5) is 0 Å². The van der Waals surface area contributed by atoms with Crippen molar-refractivity contribution in [3.05, 3.63) is 48.2 Å². The number of para-hydroxylation sites is 1. The average Bonchev–Trinajstić information content (AvgIpc) is 2.93. The molecule has 1 aromatic heterocycles. The van der Waals surface area contributed by atoms with E-state index in [-0.39, 0.29) is 22.6 Å². The summed E-state index contributed by atoms with van der Waals surface area (Å²) in [7, 11) is 2.20. The quantitative estimate of drug-likeness (QED) is 0.671. The van der Waals surface area contributed by atoms with E-state index in [1.54, 1.807) is 0 Å². The Morgan fingerprint density at radius 1 is 1.46 bits per heavy atom. The Balaban J connectivity index is 2.11. The molecule has 1 unspecified atom stereocenters. The van der Waals surface area contributed by atoms with Crippen molar-refractivity contribution >= 4 is 28.6 Å². The fourth-order valence-corrected chi connectivity index (χ4v) is 5.23. The zero-order chi connectivity index (χ0) is 17.1. The van der Waals surface area contributed by atoms with Gasteiger partial charge in [-0.05, 0) is 37.9 Å². The normalized spacial score (nSPS) is 29.5. The summed E-state index contributed by atoms with van der Waals surface area (Å²) in [4.78, 5) is 14.9. The molecule has 0 saturated heterocycles. The van der Waals surface area contributed by atoms with Crippen LogP contribution in [0, 0.1) is 5.41 Å². The van der Waals surface area contributed by atoms with Gasteiger partial charge in [0, 0.05) is 28.6 Å². The number of nitrogens with zero attached hydrogens (tertiary/aromatic N) is 2. The van der Waals surface area contributed by atoms with Crippen molar-refractivity contribution < 1.29 is 4.79 Å². The molecule has 2 aliphatic heterocycles. The van der Waals surface area contributed by atoms with E-state index in [2.05, 4.69) is 73.0 Å². The van der Waals surface area contributed by atoms with Gasteiger partial charge < -0.3 is 4.57 Å². The molecule has 24 heavy (non-hydrogen) atoms. The Morgan fingerprint density at radius 2 is 2.21 bits per heavy atom. The molecule has 0 bridgehead atoms. The maximum Gasteiger partial charge on any atom is 0.208 e. The van der Waals surface area contributed by atoms with Crippen LogP contribution in [0.3, 0.4) is 0 Å². The molecule has 0 N–H and O–H groups in total. The van der Waals surface area contributed by atoms with E-state index < -0.39 is 0 Å². The van der Waals surface area contributed by atoms with Crippen molar-refractivity contribution in [3.63, 3.8) is 0 Å². The smallest absolute Gasteiger partial charge is 0.208 e. The maximum atomic E-state index is 12.4. The predicted molar refractivity (Wildman–Crippen MR) is 102 cm³/mol. The molecule has 1 aromatic carbocycles. The van der Waals surface area contributed by atoms with Gasteiger partial charge >= 0.3 is 0 Å². The molecule has 0 saturated carbocycles. The third-order valence-corrected chi connectivity index (χ3v) is 6.55. The lowest BCUT2D eigenvalue weighted by molar-refractivity contribution is -0.115. The van der Waals surface area contributed by atoms with Crippen molar-refractivity contribution in [2.45, 2.75) is 38.3 Å². The molecule has 0 spiro atoms. The van der Waals surface area contributed by atoms with Gasteiger partial charge in [0.1, 0.15) is 6.04 Å². The van der Waals surface area contributed by atoms with E-state index in [1.165, 1.54) is 22.2 Å². The number of fused-ring (bicyclic) bond motifs is 3. The molecule has 2 aliphatic rings. The first-order chi connectivity index (χ1) is 11.5. The molecule has 0 fully saturated rings. The van der Waals surface area contributed by atoms with E-state index in [0.717, 1.165) is 25.8 Å². The predicted octanol–water partition coefficient (Wildman–Crippen LogP) is 4.15. The lowest BCUT2D eigenvalue weighted by atomic mass is 9.67. The number of carbonyl (C=O) groups excluding carboxylic acids is 1. The highest BCUT2D eigenvalue weighted by Gasteiger charge is 2.50. The number of likely N-dealkylation sites (N-methyl/N-ethyl adjacent to an activating group) is 1. The summed E-state index contributed by atoms with van der Waals surface area (Å²) in [6, 6.07) is 8.55. The van der Waals surface area contributed by atoms with Crippen molar-refractivity contribution in [1.29, 1.82) is 0 Å². The Bertz CT molecular complexity index is 840. The van der Waals surface area contributed by atoms with Crippen LogP contribution < -0.4 is 0 Å². The fourth-order valence-electron chi connectivity index (χ4n) is 5.02. The van der Waals surface area contributed by atoms with Gasteiger partial charge in [-0.3, -0.25) is 9.69 Å². The highest BCUT2D eigenvalue weighted by Crippen LogP contribution is 2.56. The van der Waals surface area contributed by atoms with Gasteiger partial charge in [0.2, 0.25) is 5.12 Å². The largest absolute Gasteiger partial charge is 0.331 e. The van der Waals surface area contributed by atoms with Gasteiger partial charge in [0.25, 0.3) is 0 Å². The van der Waals surface area contributed by atoms with Gasteiger partial charge in [0.15, 0.2) is 0 Å². The molecular weight excluding hydrogens is 316 g/mol. The molecule has 0 amide bonds. The molecule has 3 heterocycles. The van der Waals surface area contributed by atoms with Gasteiger partial charge in [-0.15, -0.1) is 19.2 Å². The lowest BCUT2D eigenvalue weighted by Gasteiger charge is -2.51. The zero-order valence-corrected chi connectivity index (χ0v) is 15.2. The summed E-state index contributed by atoms with van der Waals surface area (Å²) in [6.07, 6.45) is 4.87. The van der Waals surface area contributed by atoms with E-state index >= 15 is 0 Å². The monoisotopic (exact) mass is 340 g/mol. The Kier molecular flexibility index (Phi) is 3.66. The Morgan fingerprint density at radius 3 is 2.88 bits per heavy atom. The second-order valence-corrected chi connectivity index (χ2v) is 7.67. The summed E-state index contributed by atoms with van der Waals surface area (Å²) >= 11 is 4.25. The first-order valence-electron chi connectivity index (χ1n) is 8.72. The number of rotatable bonds is 3. The minimum absolute atomic E-state index is 0.0510. The summed E-state index contributed by atoms with van der Waals surface area (Å²) < 4.78 is 2.28. The fraction of sp³-hybridized carbons (Fsp3) is 0.450. The maximum absolute atomic E-state index is 12.4. The second-order valence-electron chi connectivity index (χ2n) is 7.23. The van der Waals surface area contributed by atoms with E-state index in [0.29, 0.717) is 0 Å². The number of carbonyl (C=O) groups is 1. The second kappa shape index (κ2) is 5.50. The van der Waals surface area contributed by atoms with Crippen LogP contribution in [0.5, 0.6) is 0 Å². The van der Waals surface area contributed by atoms with Crippen molar-refractivity contribution in [2.24, 2.45) is 5.41 Å². The summed E-state index contributed by atoms with van der Waals surface area (Å²) in [5.74, 6) is 0. The molecule has 4 heteroatoms. The van der Waals surface area contributed by atoms with Crippen LogP contribution >= 0.6 is 12.6 Å². The Labute approximate surface area is 148 Å². The minimum atomic E-state index is -0.220. The van der Waals surface area contributed by atoms with Crippen LogP contribution in [-0.4, -0.2) is 28.2 Å². The van der Waals surface area contributed by atoms with Crippen LogP contribution in [0.2, 0.25) is 0 Å². The van der Waals surface area contributed by atoms with Gasteiger partial charge in [-0.25, -0.2) is 0 Å². The van der Waals surface area contributed by atoms with E-state index in [4.69, 9.17) is 0 Å². The average molecular weight is 340 g/mol. The number of aromatic nitrogens is 1. The van der Waals surface area contributed by atoms with Crippen LogP contribution in [-0.2, 0) is 11.2 Å².